The van der Waals surface area contributed by atoms with E-state index in [-0.39, 0.29) is 42.7 Å². The zero-order valence-corrected chi connectivity index (χ0v) is 19.4. The number of rotatable bonds is 4. The predicted octanol–water partition coefficient (Wildman–Crippen LogP) is 2.18. The van der Waals surface area contributed by atoms with E-state index in [0.717, 1.165) is 5.56 Å². The molecule has 2 aromatic rings. The van der Waals surface area contributed by atoms with Gasteiger partial charge in [0.15, 0.2) is 9.84 Å². The highest BCUT2D eigenvalue weighted by Crippen LogP contribution is 2.21. The van der Waals surface area contributed by atoms with E-state index in [1.165, 1.54) is 39.5 Å². The van der Waals surface area contributed by atoms with Gasteiger partial charge in [-0.25, -0.2) is 13.2 Å². The number of anilines is 1. The van der Waals surface area contributed by atoms with Crippen molar-refractivity contribution in [1.29, 1.82) is 0 Å². The third-order valence-corrected chi connectivity index (χ3v) is 6.90. The van der Waals surface area contributed by atoms with E-state index >= 15 is 0 Å². The molecule has 188 valence electrons. The Hall–Kier alpha value is -3.61. The predicted molar refractivity (Wildman–Crippen MR) is 121 cm³/mol. The molecule has 2 aromatic carbocycles. The molecule has 13 heteroatoms. The van der Waals surface area contributed by atoms with Gasteiger partial charge in [-0.1, -0.05) is 29.8 Å². The lowest BCUT2D eigenvalue weighted by Crippen LogP contribution is -2.49. The van der Waals surface area contributed by atoms with Crippen LogP contribution in [0.3, 0.4) is 0 Å². The Bertz CT molecular complexity index is 1190. The Kier molecular flexibility index (Phi) is 7.68. The molecule has 0 radical (unpaired) electrons. The maximum absolute atomic E-state index is 13.3. The van der Waals surface area contributed by atoms with Crippen LogP contribution in [0.25, 0.3) is 0 Å². The topological polar surface area (TPSA) is 116 Å². The summed E-state index contributed by atoms with van der Waals surface area (Å²) >= 11 is 0. The molecule has 3 rings (SSSR count). The van der Waals surface area contributed by atoms with Gasteiger partial charge >= 0.3 is 18.1 Å². The van der Waals surface area contributed by atoms with Crippen LogP contribution >= 0.6 is 0 Å². The zero-order chi connectivity index (χ0) is 25.8. The fourth-order valence-electron chi connectivity index (χ4n) is 3.27. The minimum atomic E-state index is -5.14. The van der Waals surface area contributed by atoms with Crippen molar-refractivity contribution in [2.45, 2.75) is 19.6 Å². The van der Waals surface area contributed by atoms with Crippen molar-refractivity contribution in [3.05, 3.63) is 65.2 Å². The fraction of sp³-hybridized carbons (Fsp3) is 0.318. The van der Waals surface area contributed by atoms with Crippen LogP contribution in [-0.4, -0.2) is 61.9 Å². The summed E-state index contributed by atoms with van der Waals surface area (Å²) in [7, 11) is -3.17. The lowest BCUT2D eigenvalue weighted by Gasteiger charge is -2.33. The number of amides is 4. The molecule has 0 saturated carbocycles. The first-order valence-electron chi connectivity index (χ1n) is 10.5. The molecule has 1 heterocycles. The van der Waals surface area contributed by atoms with Crippen LogP contribution in [-0.2, 0) is 21.2 Å². The Morgan fingerprint density at radius 1 is 0.943 bits per heavy atom. The summed E-state index contributed by atoms with van der Waals surface area (Å²) in [5.74, 6) is -3.49. The Morgan fingerprint density at radius 3 is 2.06 bits per heavy atom. The summed E-state index contributed by atoms with van der Waals surface area (Å²) in [6.07, 6.45) is -5.14. The second-order valence-electron chi connectivity index (χ2n) is 7.95. The van der Waals surface area contributed by atoms with Crippen LogP contribution in [0.5, 0.6) is 0 Å². The van der Waals surface area contributed by atoms with Crippen molar-refractivity contribution in [1.82, 2.24) is 15.8 Å². The van der Waals surface area contributed by atoms with Crippen molar-refractivity contribution in [3.8, 4) is 0 Å². The maximum atomic E-state index is 13.3. The Morgan fingerprint density at radius 2 is 1.51 bits per heavy atom. The summed E-state index contributed by atoms with van der Waals surface area (Å²) in [6.45, 7) is 2.14. The molecule has 4 amide bonds. The van der Waals surface area contributed by atoms with Crippen molar-refractivity contribution >= 4 is 33.4 Å². The average molecular weight is 513 g/mol. The number of hydrogen-bond acceptors (Lipinski definition) is 5. The second kappa shape index (κ2) is 10.3. The first kappa shape index (κ1) is 26.0. The van der Waals surface area contributed by atoms with Gasteiger partial charge in [-0.2, -0.15) is 13.2 Å². The summed E-state index contributed by atoms with van der Waals surface area (Å²) in [4.78, 5) is 39.1. The van der Waals surface area contributed by atoms with Crippen molar-refractivity contribution in [3.63, 3.8) is 0 Å². The van der Waals surface area contributed by atoms with Crippen molar-refractivity contribution in [2.24, 2.45) is 0 Å². The number of sulfone groups is 1. The molecular formula is C22H23F3N4O5S. The van der Waals surface area contributed by atoms with Crippen LogP contribution in [0.2, 0.25) is 0 Å². The smallest absolute Gasteiger partial charge is 0.322 e. The second-order valence-corrected chi connectivity index (χ2v) is 10.2. The van der Waals surface area contributed by atoms with Gasteiger partial charge in [-0.05, 0) is 36.8 Å². The van der Waals surface area contributed by atoms with Gasteiger partial charge in [0.1, 0.15) is 0 Å². The van der Waals surface area contributed by atoms with E-state index in [1.807, 2.05) is 19.1 Å². The number of benzene rings is 2. The number of carbonyl (C=O) groups excluding carboxylic acids is 3. The molecule has 0 unspecified atom stereocenters. The van der Waals surface area contributed by atoms with Gasteiger partial charge in [0, 0.05) is 24.3 Å². The van der Waals surface area contributed by atoms with Crippen molar-refractivity contribution in [2.75, 3.05) is 29.5 Å². The van der Waals surface area contributed by atoms with Crippen LogP contribution in [0.1, 0.15) is 21.5 Å². The van der Waals surface area contributed by atoms with Crippen LogP contribution in [0.15, 0.2) is 48.5 Å². The first-order valence-corrected chi connectivity index (χ1v) is 12.3. The largest absolute Gasteiger partial charge is 0.472 e. The molecule has 1 aliphatic heterocycles. The van der Waals surface area contributed by atoms with E-state index < -0.39 is 27.8 Å². The van der Waals surface area contributed by atoms with Crippen LogP contribution in [0, 0.1) is 6.92 Å². The first-order chi connectivity index (χ1) is 16.4. The molecule has 35 heavy (non-hydrogen) atoms. The van der Waals surface area contributed by atoms with Crippen LogP contribution in [0.4, 0.5) is 23.7 Å². The van der Waals surface area contributed by atoms with Gasteiger partial charge in [0.2, 0.25) is 0 Å². The SMILES string of the molecule is Cc1ccc(N(Cc2ccc(C(=O)NNC(=O)C(F)(F)F)cc2)C(=O)N2CCS(=O)(=O)CC2)cc1. The molecule has 0 aliphatic carbocycles. The van der Waals surface area contributed by atoms with E-state index in [1.54, 1.807) is 17.6 Å². The van der Waals surface area contributed by atoms with Gasteiger partial charge in [0.25, 0.3) is 5.91 Å². The summed E-state index contributed by atoms with van der Waals surface area (Å²) in [5.41, 5.74) is 5.15. The molecule has 0 bridgehead atoms. The number of halogens is 3. The molecule has 1 fully saturated rings. The van der Waals surface area contributed by atoms with Gasteiger partial charge in [-0.3, -0.25) is 25.3 Å². The van der Waals surface area contributed by atoms with Gasteiger partial charge < -0.3 is 4.90 Å². The maximum Gasteiger partial charge on any atom is 0.472 e. The molecule has 0 atom stereocenters. The van der Waals surface area contributed by atoms with Gasteiger partial charge in [0.05, 0.1) is 18.1 Å². The highest BCUT2D eigenvalue weighted by Gasteiger charge is 2.39. The Labute approximate surface area is 199 Å². The number of nitrogens with one attached hydrogen (secondary N) is 2. The zero-order valence-electron chi connectivity index (χ0n) is 18.6. The average Bonchev–Trinajstić information content (AvgIpc) is 2.81. The van der Waals surface area contributed by atoms with Crippen LogP contribution < -0.4 is 15.8 Å². The molecule has 0 aromatic heterocycles. The van der Waals surface area contributed by atoms with E-state index in [4.69, 9.17) is 0 Å². The Balaban J connectivity index is 1.74. The molecule has 1 aliphatic rings. The third-order valence-electron chi connectivity index (χ3n) is 5.30. The normalized spacial score (nSPS) is 15.3. The summed E-state index contributed by atoms with van der Waals surface area (Å²) in [6, 6.07) is 12.5. The minimum Gasteiger partial charge on any atom is -0.322 e. The summed E-state index contributed by atoms with van der Waals surface area (Å²) in [5, 5.41) is 0. The van der Waals surface area contributed by atoms with Gasteiger partial charge in [-0.15, -0.1) is 0 Å². The molecule has 9 nitrogen and oxygen atoms in total. The molecular weight excluding hydrogens is 489 g/mol. The van der Waals surface area contributed by atoms with Crippen molar-refractivity contribution < 1.29 is 36.0 Å². The lowest BCUT2D eigenvalue weighted by molar-refractivity contribution is -0.174. The highest BCUT2D eigenvalue weighted by molar-refractivity contribution is 7.91. The number of carbonyl (C=O) groups is 3. The standard InChI is InChI=1S/C22H23F3N4O5S/c1-15-2-8-18(9-3-15)29(21(32)28-10-12-35(33,34)13-11-28)14-16-4-6-17(7-5-16)19(30)26-27-20(31)22(23,24)25/h2-9H,10-14H2,1H3,(H,26,30)(H,27,31). The number of alkyl halides is 3. The molecule has 1 saturated heterocycles. The minimum absolute atomic E-state index is 0.00864. The summed E-state index contributed by atoms with van der Waals surface area (Å²) < 4.78 is 60.2. The number of aryl methyl sites for hydroxylation is 1. The highest BCUT2D eigenvalue weighted by atomic mass is 32.2. The van der Waals surface area contributed by atoms with E-state index in [2.05, 4.69) is 0 Å². The van der Waals surface area contributed by atoms with E-state index in [0.29, 0.717) is 11.3 Å². The number of hydrazine groups is 1. The molecule has 0 spiro atoms. The quantitative estimate of drug-likeness (QED) is 0.610. The lowest BCUT2D eigenvalue weighted by atomic mass is 10.1. The third kappa shape index (κ3) is 6.94. The number of hydrogen-bond donors (Lipinski definition) is 2. The fourth-order valence-corrected chi connectivity index (χ4v) is 4.47. The number of nitrogens with zero attached hydrogens (tertiary/aromatic N) is 2. The number of urea groups is 1. The molecule has 2 N–H and O–H groups in total. The monoisotopic (exact) mass is 512 g/mol. The van der Waals surface area contributed by atoms with E-state index in [9.17, 15) is 36.0 Å².